The highest BCUT2D eigenvalue weighted by Crippen LogP contribution is 2.49. The van der Waals surface area contributed by atoms with Crippen LogP contribution >= 0.6 is 24.0 Å². The largest absolute Gasteiger partial charge is 0.456 e. The summed E-state index contributed by atoms with van der Waals surface area (Å²) < 4.78 is 20.5. The molecule has 1 aromatic carbocycles. The van der Waals surface area contributed by atoms with E-state index >= 15 is 0 Å². The summed E-state index contributed by atoms with van der Waals surface area (Å²) in [7, 11) is 0. The summed E-state index contributed by atoms with van der Waals surface area (Å²) in [5.41, 5.74) is 7.78. The first kappa shape index (κ1) is 20.3. The Bertz CT molecular complexity index is 968. The summed E-state index contributed by atoms with van der Waals surface area (Å²) in [5.74, 6) is 3.13. The van der Waals surface area contributed by atoms with Gasteiger partial charge in [0.1, 0.15) is 21.7 Å². The maximum atomic E-state index is 13.3. The average Bonchev–Trinajstić information content (AvgIpc) is 3.51. The normalized spacial score (nSPS) is 27.0. The van der Waals surface area contributed by atoms with E-state index < -0.39 is 0 Å². The second-order valence-electron chi connectivity index (χ2n) is 8.75. The molecule has 1 saturated heterocycles. The highest BCUT2D eigenvalue weighted by Gasteiger charge is 2.44. The predicted octanol–water partition coefficient (Wildman–Crippen LogP) is 5.84. The zero-order chi connectivity index (χ0) is 20.7. The fourth-order valence-corrected chi connectivity index (χ4v) is 6.74. The van der Waals surface area contributed by atoms with Gasteiger partial charge in [0.15, 0.2) is 0 Å². The number of hydrogen-bond acceptors (Lipinski definition) is 4. The molecule has 0 spiro atoms. The van der Waals surface area contributed by atoms with Crippen LogP contribution in [0, 0.1) is 17.7 Å². The van der Waals surface area contributed by atoms with Crippen molar-refractivity contribution in [3.63, 3.8) is 0 Å². The van der Waals surface area contributed by atoms with E-state index in [-0.39, 0.29) is 5.82 Å². The van der Waals surface area contributed by atoms with Gasteiger partial charge in [-0.3, -0.25) is 0 Å². The van der Waals surface area contributed by atoms with Crippen molar-refractivity contribution in [2.24, 2.45) is 17.6 Å². The highest BCUT2D eigenvalue weighted by atomic mass is 32.2. The van der Waals surface area contributed by atoms with Crippen LogP contribution in [0.2, 0.25) is 0 Å². The van der Waals surface area contributed by atoms with E-state index in [4.69, 9.17) is 22.4 Å². The number of aryl methyl sites for hydroxylation is 1. The number of hydrogen-bond donors (Lipinski definition) is 1. The molecule has 158 valence electrons. The van der Waals surface area contributed by atoms with Crippen molar-refractivity contribution >= 4 is 34.4 Å². The van der Waals surface area contributed by atoms with Crippen molar-refractivity contribution in [3.05, 3.63) is 52.4 Å². The van der Waals surface area contributed by atoms with Crippen LogP contribution in [0.1, 0.15) is 43.4 Å². The Balaban J connectivity index is 1.39. The van der Waals surface area contributed by atoms with Gasteiger partial charge in [0, 0.05) is 16.5 Å². The molecule has 0 radical (unpaired) electrons. The standard InChI is InChI=1S/C24H27FN2OS2/c25-19-7-5-16(6-8-19)22-12-18(2-1-9-26)23(28-22)13-20-14-27(24(29)30-20)21-11-15-3-4-17(21)10-15/h5-8,12-13,15,17,21H,1-4,9-11,14,26H2. The van der Waals surface area contributed by atoms with E-state index in [1.54, 1.807) is 23.9 Å². The maximum absolute atomic E-state index is 13.3. The molecule has 0 amide bonds. The molecule has 3 aliphatic rings. The van der Waals surface area contributed by atoms with Gasteiger partial charge in [-0.15, -0.1) is 0 Å². The first-order valence-electron chi connectivity index (χ1n) is 10.9. The number of nitrogens with two attached hydrogens (primary N) is 1. The zero-order valence-corrected chi connectivity index (χ0v) is 18.6. The van der Waals surface area contributed by atoms with Crippen LogP contribution in [0.25, 0.3) is 17.4 Å². The fourth-order valence-electron chi connectivity index (χ4n) is 5.31. The first-order valence-corrected chi connectivity index (χ1v) is 12.1. The molecule has 2 aliphatic carbocycles. The lowest BCUT2D eigenvalue weighted by atomic mass is 9.94. The molecule has 3 atom stereocenters. The van der Waals surface area contributed by atoms with Crippen molar-refractivity contribution in [1.82, 2.24) is 4.90 Å². The Morgan fingerprint density at radius 1 is 1.23 bits per heavy atom. The second kappa shape index (κ2) is 8.48. The number of thiocarbonyl (C=S) groups is 1. The first-order chi connectivity index (χ1) is 14.6. The van der Waals surface area contributed by atoms with E-state index in [1.807, 2.05) is 0 Å². The Hall–Kier alpha value is -1.63. The molecular formula is C24H27FN2OS2. The molecule has 3 unspecified atom stereocenters. The summed E-state index contributed by atoms with van der Waals surface area (Å²) >= 11 is 7.45. The van der Waals surface area contributed by atoms with Crippen molar-refractivity contribution in [1.29, 1.82) is 0 Å². The lowest BCUT2D eigenvalue weighted by Crippen LogP contribution is -2.38. The van der Waals surface area contributed by atoms with Gasteiger partial charge in [0.2, 0.25) is 0 Å². The lowest BCUT2D eigenvalue weighted by Gasteiger charge is -2.31. The van der Waals surface area contributed by atoms with E-state index in [0.29, 0.717) is 12.6 Å². The van der Waals surface area contributed by atoms with Crippen LogP contribution < -0.4 is 5.73 Å². The smallest absolute Gasteiger partial charge is 0.141 e. The van der Waals surface area contributed by atoms with Crippen molar-refractivity contribution < 1.29 is 8.81 Å². The van der Waals surface area contributed by atoms with Crippen LogP contribution in [0.3, 0.4) is 0 Å². The minimum atomic E-state index is -0.243. The lowest BCUT2D eigenvalue weighted by molar-refractivity contribution is 0.250. The third kappa shape index (κ3) is 3.97. The van der Waals surface area contributed by atoms with Crippen LogP contribution in [0.5, 0.6) is 0 Å². The topological polar surface area (TPSA) is 42.4 Å². The van der Waals surface area contributed by atoms with Gasteiger partial charge in [-0.1, -0.05) is 30.4 Å². The van der Waals surface area contributed by atoms with E-state index in [9.17, 15) is 4.39 Å². The molecule has 2 aromatic rings. The van der Waals surface area contributed by atoms with Crippen molar-refractivity contribution in [2.75, 3.05) is 13.1 Å². The third-order valence-corrected chi connectivity index (χ3v) is 8.20. The van der Waals surface area contributed by atoms with Gasteiger partial charge in [-0.2, -0.15) is 0 Å². The minimum absolute atomic E-state index is 0.243. The van der Waals surface area contributed by atoms with E-state index in [2.05, 4.69) is 17.0 Å². The van der Waals surface area contributed by atoms with Crippen LogP contribution in [0.15, 0.2) is 39.7 Å². The molecule has 2 heterocycles. The molecule has 1 aromatic heterocycles. The molecule has 1 aliphatic heterocycles. The summed E-state index contributed by atoms with van der Waals surface area (Å²) in [4.78, 5) is 3.70. The Kier molecular flexibility index (Phi) is 5.73. The number of thioether (sulfide) groups is 1. The van der Waals surface area contributed by atoms with Crippen LogP contribution in [-0.4, -0.2) is 28.4 Å². The molecule has 30 heavy (non-hydrogen) atoms. The van der Waals surface area contributed by atoms with Gasteiger partial charge in [-0.05, 0) is 92.5 Å². The number of rotatable bonds is 6. The number of benzene rings is 1. The summed E-state index contributed by atoms with van der Waals surface area (Å²) in [6, 6.07) is 9.14. The quantitative estimate of drug-likeness (QED) is 0.569. The average molecular weight is 443 g/mol. The molecule has 2 N–H and O–H groups in total. The van der Waals surface area contributed by atoms with E-state index in [1.165, 1.54) is 42.7 Å². The SMILES string of the molecule is NCCCc1cc(-c2ccc(F)cc2)oc1C=C1CN(C2CC3CCC2C3)C(=S)S1. The fraction of sp³-hybridized carbons (Fsp3) is 0.458. The Labute approximate surface area is 186 Å². The highest BCUT2D eigenvalue weighted by molar-refractivity contribution is 8.25. The van der Waals surface area contributed by atoms with Gasteiger partial charge in [-0.25, -0.2) is 4.39 Å². The summed E-state index contributed by atoms with van der Waals surface area (Å²) in [6.45, 7) is 1.53. The molecule has 6 heteroatoms. The van der Waals surface area contributed by atoms with Gasteiger partial charge < -0.3 is 15.1 Å². The number of fused-ring (bicyclic) bond motifs is 2. The van der Waals surface area contributed by atoms with Crippen LogP contribution in [0.4, 0.5) is 4.39 Å². The summed E-state index contributed by atoms with van der Waals surface area (Å²) in [5, 5.41) is 0. The predicted molar refractivity (Wildman–Crippen MR) is 126 cm³/mol. The van der Waals surface area contributed by atoms with Gasteiger partial charge in [0.25, 0.3) is 0 Å². The van der Waals surface area contributed by atoms with Gasteiger partial charge >= 0.3 is 0 Å². The minimum Gasteiger partial charge on any atom is -0.456 e. The number of nitrogens with zero attached hydrogens (tertiary/aromatic N) is 1. The molecule has 3 fully saturated rings. The number of halogens is 1. The summed E-state index contributed by atoms with van der Waals surface area (Å²) in [6.07, 6.45) is 9.38. The van der Waals surface area contributed by atoms with Gasteiger partial charge in [0.05, 0.1) is 6.54 Å². The monoisotopic (exact) mass is 442 g/mol. The van der Waals surface area contributed by atoms with Crippen molar-refractivity contribution in [2.45, 2.75) is 44.6 Å². The van der Waals surface area contributed by atoms with Crippen LogP contribution in [-0.2, 0) is 6.42 Å². The zero-order valence-electron chi connectivity index (χ0n) is 17.0. The van der Waals surface area contributed by atoms with Crippen molar-refractivity contribution in [3.8, 4) is 11.3 Å². The van der Waals surface area contributed by atoms with E-state index in [0.717, 1.165) is 58.2 Å². The molecule has 2 bridgehead atoms. The molecule has 3 nitrogen and oxygen atoms in total. The Morgan fingerprint density at radius 3 is 2.77 bits per heavy atom. The molecular weight excluding hydrogens is 415 g/mol. The second-order valence-corrected chi connectivity index (χ2v) is 10.5. The maximum Gasteiger partial charge on any atom is 0.141 e. The number of furan rings is 1. The Morgan fingerprint density at radius 2 is 2.07 bits per heavy atom. The third-order valence-electron chi connectivity index (χ3n) is 6.79. The molecule has 2 saturated carbocycles. The molecule has 5 rings (SSSR count).